The van der Waals surface area contributed by atoms with Crippen LogP contribution in [-0.4, -0.2) is 31.5 Å². The molecule has 2 amide bonds. The lowest BCUT2D eigenvalue weighted by Gasteiger charge is -2.10. The molecule has 0 saturated carbocycles. The Morgan fingerprint density at radius 2 is 1.72 bits per heavy atom. The number of carbonyl (C=O) groups excluding carboxylic acids is 2. The van der Waals surface area contributed by atoms with E-state index in [1.165, 1.54) is 5.56 Å². The van der Waals surface area contributed by atoms with E-state index < -0.39 is 0 Å². The molecular weight excluding hydrogens is 340 g/mol. The number of rotatable bonds is 7. The van der Waals surface area contributed by atoms with E-state index in [1.54, 1.807) is 24.3 Å². The van der Waals surface area contributed by atoms with Crippen LogP contribution in [0.5, 0.6) is 5.75 Å². The van der Waals surface area contributed by atoms with Gasteiger partial charge in [-0.05, 0) is 49.2 Å². The first kappa shape index (κ1) is 18.8. The summed E-state index contributed by atoms with van der Waals surface area (Å²) in [4.78, 5) is 23.7. The summed E-state index contributed by atoms with van der Waals surface area (Å²) in [5.41, 5.74) is 2.69. The lowest BCUT2D eigenvalue weighted by atomic mass is 10.1. The molecule has 2 aromatic carbocycles. The number of hydrogen-bond donors (Lipinski definition) is 2. The zero-order valence-electron chi connectivity index (χ0n) is 14.3. The number of amides is 2. The standard InChI is InChI=1S/C19H21ClN2O3/c1-13-7-8-15(11-14(13)2)25-12-18(23)21-9-10-22-19(24)16-5-3-4-6-17(16)20/h3-8,11H,9-10,12H2,1-2H3,(H,21,23)(H,22,24). The van der Waals surface area contributed by atoms with E-state index in [-0.39, 0.29) is 18.4 Å². The molecule has 2 aromatic rings. The number of benzene rings is 2. The average Bonchev–Trinajstić information content (AvgIpc) is 2.60. The predicted molar refractivity (Wildman–Crippen MR) is 98.2 cm³/mol. The van der Waals surface area contributed by atoms with Gasteiger partial charge in [-0.1, -0.05) is 29.8 Å². The van der Waals surface area contributed by atoms with Crippen LogP contribution < -0.4 is 15.4 Å². The summed E-state index contributed by atoms with van der Waals surface area (Å²) < 4.78 is 5.45. The van der Waals surface area contributed by atoms with E-state index in [4.69, 9.17) is 16.3 Å². The maximum atomic E-state index is 11.9. The molecule has 0 fully saturated rings. The highest BCUT2D eigenvalue weighted by Crippen LogP contribution is 2.16. The van der Waals surface area contributed by atoms with Crippen LogP contribution in [0.15, 0.2) is 42.5 Å². The molecule has 132 valence electrons. The Kier molecular flexibility index (Phi) is 6.83. The minimum Gasteiger partial charge on any atom is -0.484 e. The van der Waals surface area contributed by atoms with Crippen molar-refractivity contribution in [1.29, 1.82) is 0 Å². The van der Waals surface area contributed by atoms with Crippen molar-refractivity contribution in [1.82, 2.24) is 10.6 Å². The van der Waals surface area contributed by atoms with Crippen molar-refractivity contribution < 1.29 is 14.3 Å². The van der Waals surface area contributed by atoms with Gasteiger partial charge in [0.05, 0.1) is 10.6 Å². The predicted octanol–water partition coefficient (Wildman–Crippen LogP) is 2.88. The average molecular weight is 361 g/mol. The fourth-order valence-corrected chi connectivity index (χ4v) is 2.34. The van der Waals surface area contributed by atoms with Gasteiger partial charge in [0, 0.05) is 13.1 Å². The lowest BCUT2D eigenvalue weighted by molar-refractivity contribution is -0.123. The summed E-state index contributed by atoms with van der Waals surface area (Å²) in [6, 6.07) is 12.5. The minimum absolute atomic E-state index is 0.0685. The topological polar surface area (TPSA) is 67.4 Å². The number of hydrogen-bond acceptors (Lipinski definition) is 3. The molecule has 2 rings (SSSR count). The number of ether oxygens (including phenoxy) is 1. The van der Waals surface area contributed by atoms with Crippen LogP contribution >= 0.6 is 11.6 Å². The fourth-order valence-electron chi connectivity index (χ4n) is 2.12. The van der Waals surface area contributed by atoms with E-state index in [9.17, 15) is 9.59 Å². The van der Waals surface area contributed by atoms with Crippen LogP contribution in [0, 0.1) is 13.8 Å². The smallest absolute Gasteiger partial charge is 0.258 e. The van der Waals surface area contributed by atoms with Gasteiger partial charge in [-0.2, -0.15) is 0 Å². The normalized spacial score (nSPS) is 10.2. The van der Waals surface area contributed by atoms with E-state index >= 15 is 0 Å². The van der Waals surface area contributed by atoms with Crippen molar-refractivity contribution in [3.05, 3.63) is 64.2 Å². The Bertz CT molecular complexity index is 762. The highest BCUT2D eigenvalue weighted by Gasteiger charge is 2.09. The number of aryl methyl sites for hydroxylation is 2. The molecule has 6 heteroatoms. The second-order valence-corrected chi connectivity index (χ2v) is 6.03. The van der Waals surface area contributed by atoms with Crippen LogP contribution in [0.1, 0.15) is 21.5 Å². The molecular formula is C19H21ClN2O3. The van der Waals surface area contributed by atoms with Gasteiger partial charge in [0.15, 0.2) is 6.61 Å². The summed E-state index contributed by atoms with van der Waals surface area (Å²) in [6.07, 6.45) is 0. The van der Waals surface area contributed by atoms with E-state index in [2.05, 4.69) is 10.6 Å². The maximum Gasteiger partial charge on any atom is 0.258 e. The van der Waals surface area contributed by atoms with Gasteiger partial charge in [-0.3, -0.25) is 9.59 Å². The van der Waals surface area contributed by atoms with Gasteiger partial charge in [-0.15, -0.1) is 0 Å². The summed E-state index contributed by atoms with van der Waals surface area (Å²) in [5.74, 6) is 0.140. The van der Waals surface area contributed by atoms with Gasteiger partial charge in [0.1, 0.15) is 5.75 Å². The third kappa shape index (κ3) is 5.80. The molecule has 0 saturated heterocycles. The van der Waals surface area contributed by atoms with Crippen LogP contribution in [0.4, 0.5) is 0 Å². The van der Waals surface area contributed by atoms with E-state index in [0.29, 0.717) is 29.4 Å². The maximum absolute atomic E-state index is 11.9. The molecule has 0 spiro atoms. The molecule has 0 aliphatic heterocycles. The summed E-state index contributed by atoms with van der Waals surface area (Å²) >= 11 is 5.96. The number of carbonyl (C=O) groups is 2. The highest BCUT2D eigenvalue weighted by molar-refractivity contribution is 6.33. The van der Waals surface area contributed by atoms with Gasteiger partial charge >= 0.3 is 0 Å². The minimum atomic E-state index is -0.272. The molecule has 0 heterocycles. The molecule has 0 atom stereocenters. The first-order valence-electron chi connectivity index (χ1n) is 7.97. The van der Waals surface area contributed by atoms with Crippen molar-refractivity contribution in [3.8, 4) is 5.75 Å². The van der Waals surface area contributed by atoms with Crippen LogP contribution in [-0.2, 0) is 4.79 Å². The Morgan fingerprint density at radius 3 is 2.44 bits per heavy atom. The van der Waals surface area contributed by atoms with Crippen molar-refractivity contribution in [2.24, 2.45) is 0 Å². The zero-order chi connectivity index (χ0) is 18.2. The molecule has 0 aromatic heterocycles. The molecule has 0 radical (unpaired) electrons. The summed E-state index contributed by atoms with van der Waals surface area (Å²) in [5, 5.41) is 5.79. The van der Waals surface area contributed by atoms with Gasteiger partial charge in [0.2, 0.25) is 0 Å². The zero-order valence-corrected chi connectivity index (χ0v) is 15.0. The Labute approximate surface area is 152 Å². The molecule has 5 nitrogen and oxygen atoms in total. The van der Waals surface area contributed by atoms with E-state index in [1.807, 2.05) is 32.0 Å². The molecule has 0 bridgehead atoms. The van der Waals surface area contributed by atoms with Crippen LogP contribution in [0.3, 0.4) is 0 Å². The Hall–Kier alpha value is -2.53. The molecule has 25 heavy (non-hydrogen) atoms. The monoisotopic (exact) mass is 360 g/mol. The van der Waals surface area contributed by atoms with Crippen molar-refractivity contribution in [3.63, 3.8) is 0 Å². The Morgan fingerprint density at radius 1 is 1.00 bits per heavy atom. The molecule has 0 aliphatic carbocycles. The van der Waals surface area contributed by atoms with Crippen molar-refractivity contribution in [2.45, 2.75) is 13.8 Å². The molecule has 0 aliphatic rings. The fraction of sp³-hybridized carbons (Fsp3) is 0.263. The largest absolute Gasteiger partial charge is 0.484 e. The molecule has 0 unspecified atom stereocenters. The second-order valence-electron chi connectivity index (χ2n) is 5.62. The SMILES string of the molecule is Cc1ccc(OCC(=O)NCCNC(=O)c2ccccc2Cl)cc1C. The van der Waals surface area contributed by atoms with Gasteiger partial charge < -0.3 is 15.4 Å². The summed E-state index contributed by atoms with van der Waals surface area (Å²) in [7, 11) is 0. The quantitative estimate of drug-likeness (QED) is 0.746. The van der Waals surface area contributed by atoms with Gasteiger partial charge in [0.25, 0.3) is 11.8 Å². The first-order chi connectivity index (χ1) is 12.0. The van der Waals surface area contributed by atoms with Crippen molar-refractivity contribution >= 4 is 23.4 Å². The van der Waals surface area contributed by atoms with Crippen LogP contribution in [0.2, 0.25) is 5.02 Å². The third-order valence-corrected chi connectivity index (χ3v) is 4.03. The second kappa shape index (κ2) is 9.08. The third-order valence-electron chi connectivity index (χ3n) is 3.70. The number of nitrogens with one attached hydrogen (secondary N) is 2. The lowest BCUT2D eigenvalue weighted by Crippen LogP contribution is -2.36. The Balaban J connectivity index is 1.67. The number of halogens is 1. The first-order valence-corrected chi connectivity index (χ1v) is 8.34. The summed E-state index contributed by atoms with van der Waals surface area (Å²) in [6.45, 7) is 4.55. The van der Waals surface area contributed by atoms with E-state index in [0.717, 1.165) is 5.56 Å². The molecule has 2 N–H and O–H groups in total. The van der Waals surface area contributed by atoms with Crippen LogP contribution in [0.25, 0.3) is 0 Å². The highest BCUT2D eigenvalue weighted by atomic mass is 35.5. The van der Waals surface area contributed by atoms with Gasteiger partial charge in [-0.25, -0.2) is 0 Å². The van der Waals surface area contributed by atoms with Crippen molar-refractivity contribution in [2.75, 3.05) is 19.7 Å².